The van der Waals surface area contributed by atoms with E-state index in [1.807, 2.05) is 53.9 Å². The molecule has 3 rings (SSSR count). The maximum atomic E-state index is 12.8. The fraction of sp³-hybridized carbons (Fsp3) is 0.500. The van der Waals surface area contributed by atoms with Crippen molar-refractivity contribution in [1.29, 1.82) is 0 Å². The van der Waals surface area contributed by atoms with Crippen LogP contribution < -0.4 is 0 Å². The Morgan fingerprint density at radius 3 is 2.59 bits per heavy atom. The van der Waals surface area contributed by atoms with E-state index in [9.17, 15) is 9.90 Å². The van der Waals surface area contributed by atoms with E-state index in [1.54, 1.807) is 0 Å². The van der Waals surface area contributed by atoms with Gasteiger partial charge in [-0.3, -0.25) is 4.79 Å². The van der Waals surface area contributed by atoms with Crippen LogP contribution in [0.25, 0.3) is 10.9 Å². The molecule has 0 unspecified atom stereocenters. The van der Waals surface area contributed by atoms with Crippen LogP contribution in [-0.4, -0.2) is 40.2 Å². The van der Waals surface area contributed by atoms with Crippen LogP contribution in [0.15, 0.2) is 30.3 Å². The Labute approximate surface area is 131 Å². The molecule has 2 aromatic rings. The molecule has 118 valence electrons. The molecule has 0 bridgehead atoms. The minimum Gasteiger partial charge on any atom is -0.396 e. The second-order valence-corrected chi connectivity index (χ2v) is 6.42. The standard InChI is InChI=1S/C18H24N2O2/c1-19(15-9-7-13(12-21)8-10-15)18(22)17-11-14-5-3-4-6-16(14)20(17)2/h3-6,11,13,15,21H,7-10,12H2,1-2H3. The molecule has 1 fully saturated rings. The number of para-hydroxylation sites is 1. The summed E-state index contributed by atoms with van der Waals surface area (Å²) >= 11 is 0. The summed E-state index contributed by atoms with van der Waals surface area (Å²) in [4.78, 5) is 14.7. The number of aryl methyl sites for hydroxylation is 1. The molecule has 1 heterocycles. The molecule has 0 radical (unpaired) electrons. The van der Waals surface area contributed by atoms with E-state index in [0.29, 0.717) is 5.92 Å². The third kappa shape index (κ3) is 2.63. The van der Waals surface area contributed by atoms with Gasteiger partial charge in [-0.05, 0) is 43.7 Å². The molecule has 0 saturated heterocycles. The van der Waals surface area contributed by atoms with Gasteiger partial charge in [0.25, 0.3) is 5.91 Å². The first-order valence-electron chi connectivity index (χ1n) is 8.04. The molecular formula is C18H24N2O2. The number of rotatable bonds is 3. The monoisotopic (exact) mass is 300 g/mol. The van der Waals surface area contributed by atoms with E-state index in [4.69, 9.17) is 0 Å². The highest BCUT2D eigenvalue weighted by Gasteiger charge is 2.28. The molecule has 0 atom stereocenters. The van der Waals surface area contributed by atoms with Crippen molar-refractivity contribution in [2.24, 2.45) is 13.0 Å². The number of carbonyl (C=O) groups excluding carboxylic acids is 1. The van der Waals surface area contributed by atoms with Crippen LogP contribution in [-0.2, 0) is 7.05 Å². The zero-order chi connectivity index (χ0) is 15.7. The van der Waals surface area contributed by atoms with Crippen LogP contribution in [0.5, 0.6) is 0 Å². The average Bonchev–Trinajstić information content (AvgIpc) is 2.91. The van der Waals surface area contributed by atoms with Gasteiger partial charge in [0.15, 0.2) is 0 Å². The van der Waals surface area contributed by atoms with Gasteiger partial charge in [0.1, 0.15) is 5.69 Å². The van der Waals surface area contributed by atoms with Gasteiger partial charge in [-0.25, -0.2) is 0 Å². The lowest BCUT2D eigenvalue weighted by Gasteiger charge is -2.34. The molecule has 1 aliphatic rings. The third-order valence-electron chi connectivity index (χ3n) is 5.11. The number of aromatic nitrogens is 1. The molecule has 4 heteroatoms. The number of aliphatic hydroxyl groups excluding tert-OH is 1. The molecule has 0 aliphatic heterocycles. The molecule has 1 amide bonds. The number of hydrogen-bond acceptors (Lipinski definition) is 2. The lowest BCUT2D eigenvalue weighted by atomic mass is 9.86. The van der Waals surface area contributed by atoms with Gasteiger partial charge in [0.2, 0.25) is 0 Å². The molecule has 1 aliphatic carbocycles. The van der Waals surface area contributed by atoms with Gasteiger partial charge in [-0.15, -0.1) is 0 Å². The Bertz CT molecular complexity index is 669. The summed E-state index contributed by atoms with van der Waals surface area (Å²) in [6, 6.07) is 10.3. The van der Waals surface area contributed by atoms with Crippen molar-refractivity contribution < 1.29 is 9.90 Å². The van der Waals surface area contributed by atoms with Crippen molar-refractivity contribution in [2.45, 2.75) is 31.7 Å². The number of aliphatic hydroxyl groups is 1. The molecule has 1 aromatic heterocycles. The summed E-state index contributed by atoms with van der Waals surface area (Å²) in [7, 11) is 3.86. The maximum Gasteiger partial charge on any atom is 0.270 e. The minimum absolute atomic E-state index is 0.0890. The number of fused-ring (bicyclic) bond motifs is 1. The van der Waals surface area contributed by atoms with Gasteiger partial charge in [0, 0.05) is 37.6 Å². The predicted octanol–water partition coefficient (Wildman–Crippen LogP) is 2.80. The van der Waals surface area contributed by atoms with Crippen LogP contribution in [0.2, 0.25) is 0 Å². The average molecular weight is 300 g/mol. The Kier molecular flexibility index (Phi) is 4.21. The molecule has 4 nitrogen and oxygen atoms in total. The summed E-state index contributed by atoms with van der Waals surface area (Å²) in [6.07, 6.45) is 3.98. The molecular weight excluding hydrogens is 276 g/mol. The van der Waals surface area contributed by atoms with Gasteiger partial charge < -0.3 is 14.6 Å². The smallest absolute Gasteiger partial charge is 0.270 e. The fourth-order valence-corrected chi connectivity index (χ4v) is 3.56. The zero-order valence-electron chi connectivity index (χ0n) is 13.3. The Morgan fingerprint density at radius 2 is 1.95 bits per heavy atom. The highest BCUT2D eigenvalue weighted by atomic mass is 16.3. The minimum atomic E-state index is 0.0890. The number of carbonyl (C=O) groups is 1. The lowest BCUT2D eigenvalue weighted by Crippen LogP contribution is -2.40. The number of amides is 1. The van der Waals surface area contributed by atoms with E-state index in [2.05, 4.69) is 0 Å². The van der Waals surface area contributed by atoms with Crippen LogP contribution in [0, 0.1) is 5.92 Å². The van der Waals surface area contributed by atoms with E-state index < -0.39 is 0 Å². The van der Waals surface area contributed by atoms with Crippen molar-refractivity contribution in [2.75, 3.05) is 13.7 Å². The normalized spacial score (nSPS) is 22.0. The van der Waals surface area contributed by atoms with Crippen LogP contribution in [0.4, 0.5) is 0 Å². The van der Waals surface area contributed by atoms with Crippen molar-refractivity contribution in [1.82, 2.24) is 9.47 Å². The SMILES string of the molecule is CN(C(=O)c1cc2ccccc2n1C)C1CCC(CO)CC1. The van der Waals surface area contributed by atoms with E-state index in [1.165, 1.54) is 0 Å². The first kappa shape index (κ1) is 15.1. The summed E-state index contributed by atoms with van der Waals surface area (Å²) in [5, 5.41) is 10.3. The summed E-state index contributed by atoms with van der Waals surface area (Å²) in [5.74, 6) is 0.503. The Balaban J connectivity index is 1.79. The second-order valence-electron chi connectivity index (χ2n) is 6.42. The topological polar surface area (TPSA) is 45.5 Å². The molecule has 1 saturated carbocycles. The Hall–Kier alpha value is -1.81. The summed E-state index contributed by atoms with van der Waals surface area (Å²) in [6.45, 7) is 0.271. The quantitative estimate of drug-likeness (QED) is 0.947. The lowest BCUT2D eigenvalue weighted by molar-refractivity contribution is 0.0644. The zero-order valence-corrected chi connectivity index (χ0v) is 13.3. The second kappa shape index (κ2) is 6.13. The van der Waals surface area contributed by atoms with Gasteiger partial charge >= 0.3 is 0 Å². The van der Waals surface area contributed by atoms with Crippen molar-refractivity contribution in [3.05, 3.63) is 36.0 Å². The number of hydrogen-bond donors (Lipinski definition) is 1. The van der Waals surface area contributed by atoms with Gasteiger partial charge in [0.05, 0.1) is 0 Å². The van der Waals surface area contributed by atoms with Crippen molar-refractivity contribution in [3.8, 4) is 0 Å². The first-order chi connectivity index (χ1) is 10.6. The summed E-state index contributed by atoms with van der Waals surface area (Å²) < 4.78 is 1.98. The van der Waals surface area contributed by atoms with Gasteiger partial charge in [-0.2, -0.15) is 0 Å². The third-order valence-corrected chi connectivity index (χ3v) is 5.11. The van der Waals surface area contributed by atoms with E-state index in [-0.39, 0.29) is 18.6 Å². The van der Waals surface area contributed by atoms with Crippen LogP contribution in [0.1, 0.15) is 36.2 Å². The van der Waals surface area contributed by atoms with Crippen molar-refractivity contribution >= 4 is 16.8 Å². The van der Waals surface area contributed by atoms with Gasteiger partial charge in [-0.1, -0.05) is 18.2 Å². The van der Waals surface area contributed by atoms with Crippen LogP contribution >= 0.6 is 0 Å². The summed E-state index contributed by atoms with van der Waals surface area (Å²) in [5.41, 5.74) is 1.83. The molecule has 22 heavy (non-hydrogen) atoms. The van der Waals surface area contributed by atoms with E-state index in [0.717, 1.165) is 42.3 Å². The first-order valence-corrected chi connectivity index (χ1v) is 8.04. The number of benzene rings is 1. The number of nitrogens with zero attached hydrogens (tertiary/aromatic N) is 2. The van der Waals surface area contributed by atoms with Crippen molar-refractivity contribution in [3.63, 3.8) is 0 Å². The maximum absolute atomic E-state index is 12.8. The molecule has 1 N–H and O–H groups in total. The highest BCUT2D eigenvalue weighted by molar-refractivity contribution is 5.98. The predicted molar refractivity (Wildman–Crippen MR) is 87.8 cm³/mol. The van der Waals surface area contributed by atoms with Crippen LogP contribution in [0.3, 0.4) is 0 Å². The molecule has 0 spiro atoms. The fourth-order valence-electron chi connectivity index (χ4n) is 3.56. The van der Waals surface area contributed by atoms with E-state index >= 15 is 0 Å². The largest absolute Gasteiger partial charge is 0.396 e. The molecule has 1 aromatic carbocycles. The Morgan fingerprint density at radius 1 is 1.27 bits per heavy atom. The highest BCUT2D eigenvalue weighted by Crippen LogP contribution is 2.28.